The van der Waals surface area contributed by atoms with E-state index >= 15 is 0 Å². The first-order chi connectivity index (χ1) is 13.9. The molecule has 0 bridgehead atoms. The maximum Gasteiger partial charge on any atom is 0.258 e. The summed E-state index contributed by atoms with van der Waals surface area (Å²) in [5.74, 6) is -1.54. The zero-order valence-electron chi connectivity index (χ0n) is 16.0. The Morgan fingerprint density at radius 1 is 0.966 bits per heavy atom. The Kier molecular flexibility index (Phi) is 6.49. The van der Waals surface area contributed by atoms with Crippen LogP contribution in [0.3, 0.4) is 0 Å². The summed E-state index contributed by atoms with van der Waals surface area (Å²) >= 11 is 6.01. The summed E-state index contributed by atoms with van der Waals surface area (Å²) < 4.78 is 14.1. The minimum absolute atomic E-state index is 0.0713. The van der Waals surface area contributed by atoms with Crippen LogP contribution in [0.25, 0.3) is 0 Å². The smallest absolute Gasteiger partial charge is 0.258 e. The monoisotopic (exact) mass is 417 g/mol. The van der Waals surface area contributed by atoms with Crippen LogP contribution in [0.15, 0.2) is 42.5 Å². The predicted molar refractivity (Wildman–Crippen MR) is 109 cm³/mol. The number of nitrogens with one attached hydrogen (secondary N) is 1. The van der Waals surface area contributed by atoms with E-state index in [0.29, 0.717) is 37.3 Å². The molecule has 0 aromatic heterocycles. The van der Waals surface area contributed by atoms with E-state index in [2.05, 4.69) is 5.32 Å². The van der Waals surface area contributed by atoms with Gasteiger partial charge in [0.1, 0.15) is 5.82 Å². The summed E-state index contributed by atoms with van der Waals surface area (Å²) in [7, 11) is 0. The molecule has 1 saturated heterocycles. The van der Waals surface area contributed by atoms with Crippen LogP contribution < -0.4 is 5.32 Å². The predicted octanol–water partition coefficient (Wildman–Crippen LogP) is 3.43. The zero-order chi connectivity index (χ0) is 21.0. The second kappa shape index (κ2) is 9.05. The molecule has 1 aliphatic rings. The van der Waals surface area contributed by atoms with Gasteiger partial charge in [-0.3, -0.25) is 14.4 Å². The molecule has 0 atom stereocenters. The van der Waals surface area contributed by atoms with Gasteiger partial charge in [0, 0.05) is 44.4 Å². The first kappa shape index (κ1) is 20.8. The van der Waals surface area contributed by atoms with Gasteiger partial charge in [0.15, 0.2) is 0 Å². The highest BCUT2D eigenvalue weighted by atomic mass is 35.5. The maximum atomic E-state index is 14.1. The number of rotatable bonds is 3. The van der Waals surface area contributed by atoms with Crippen molar-refractivity contribution in [3.63, 3.8) is 0 Å². The molecule has 3 amide bonds. The lowest BCUT2D eigenvalue weighted by atomic mass is 10.1. The molecule has 1 aliphatic heterocycles. The molecule has 152 valence electrons. The molecule has 0 spiro atoms. The van der Waals surface area contributed by atoms with E-state index in [-0.39, 0.29) is 28.9 Å². The molecule has 1 fully saturated rings. The molecule has 2 aromatic rings. The van der Waals surface area contributed by atoms with Crippen molar-refractivity contribution in [3.05, 3.63) is 64.4 Å². The normalized spacial score (nSPS) is 14.3. The summed E-state index contributed by atoms with van der Waals surface area (Å²) in [5, 5.41) is 2.73. The van der Waals surface area contributed by atoms with Crippen molar-refractivity contribution < 1.29 is 18.8 Å². The largest absolute Gasteiger partial charge is 0.337 e. The van der Waals surface area contributed by atoms with Crippen LogP contribution in [0.1, 0.15) is 34.1 Å². The second-order valence-electron chi connectivity index (χ2n) is 6.80. The van der Waals surface area contributed by atoms with E-state index in [9.17, 15) is 18.8 Å². The molecule has 29 heavy (non-hydrogen) atoms. The van der Waals surface area contributed by atoms with Crippen LogP contribution in [0.2, 0.25) is 5.02 Å². The highest BCUT2D eigenvalue weighted by Gasteiger charge is 2.26. The van der Waals surface area contributed by atoms with Crippen LogP contribution in [0.5, 0.6) is 0 Å². The van der Waals surface area contributed by atoms with Crippen molar-refractivity contribution in [2.24, 2.45) is 0 Å². The molecule has 8 heteroatoms. The van der Waals surface area contributed by atoms with E-state index in [1.54, 1.807) is 29.2 Å². The van der Waals surface area contributed by atoms with Crippen LogP contribution in [0, 0.1) is 5.82 Å². The van der Waals surface area contributed by atoms with Gasteiger partial charge in [-0.1, -0.05) is 23.7 Å². The molecule has 0 saturated carbocycles. The van der Waals surface area contributed by atoms with Crippen molar-refractivity contribution in [2.75, 3.05) is 31.5 Å². The van der Waals surface area contributed by atoms with Gasteiger partial charge in [0.25, 0.3) is 11.8 Å². The fourth-order valence-corrected chi connectivity index (χ4v) is 3.54. The van der Waals surface area contributed by atoms with Crippen LogP contribution >= 0.6 is 11.6 Å². The minimum atomic E-state index is -0.658. The Bertz CT molecular complexity index is 930. The van der Waals surface area contributed by atoms with E-state index in [0.717, 1.165) is 0 Å². The standard InChI is InChI=1S/C21H21ClFN3O3/c1-14(27)24-16-6-2-5-15(13-16)20(28)25-9-4-10-26(12-11-25)21(29)19-17(22)7-3-8-18(19)23/h2-3,5-8,13H,4,9-12H2,1H3,(H,24,27). The fraction of sp³-hybridized carbons (Fsp3) is 0.286. The molecule has 1 heterocycles. The zero-order valence-corrected chi connectivity index (χ0v) is 16.7. The van der Waals surface area contributed by atoms with E-state index < -0.39 is 11.7 Å². The Morgan fingerprint density at radius 3 is 2.28 bits per heavy atom. The Balaban J connectivity index is 1.70. The molecular formula is C21H21ClFN3O3. The summed E-state index contributed by atoms with van der Waals surface area (Å²) in [5.41, 5.74) is 0.856. The second-order valence-corrected chi connectivity index (χ2v) is 7.20. The van der Waals surface area contributed by atoms with Gasteiger partial charge in [0.2, 0.25) is 5.91 Å². The van der Waals surface area contributed by atoms with Crippen molar-refractivity contribution in [3.8, 4) is 0 Å². The van der Waals surface area contributed by atoms with Crippen LogP contribution in [-0.2, 0) is 4.79 Å². The number of benzene rings is 2. The molecule has 0 unspecified atom stereocenters. The summed E-state index contributed by atoms with van der Waals surface area (Å²) in [4.78, 5) is 40.0. The third-order valence-electron chi connectivity index (χ3n) is 4.68. The van der Waals surface area contributed by atoms with E-state index in [1.165, 1.54) is 30.0 Å². The SMILES string of the molecule is CC(=O)Nc1cccc(C(=O)N2CCCN(C(=O)c3c(F)cccc3Cl)CC2)c1. The highest BCUT2D eigenvalue weighted by molar-refractivity contribution is 6.33. The number of anilines is 1. The Labute approximate surface area is 173 Å². The van der Waals surface area contributed by atoms with Gasteiger partial charge in [-0.25, -0.2) is 4.39 Å². The molecule has 6 nitrogen and oxygen atoms in total. The number of amides is 3. The van der Waals surface area contributed by atoms with Crippen molar-refractivity contribution >= 4 is 35.0 Å². The summed E-state index contributed by atoms with van der Waals surface area (Å²) in [6.45, 7) is 2.87. The van der Waals surface area contributed by atoms with Gasteiger partial charge in [-0.15, -0.1) is 0 Å². The van der Waals surface area contributed by atoms with Crippen molar-refractivity contribution in [1.82, 2.24) is 9.80 Å². The number of carbonyl (C=O) groups is 3. The molecule has 3 rings (SSSR count). The quantitative estimate of drug-likeness (QED) is 0.831. The maximum absolute atomic E-state index is 14.1. The first-order valence-electron chi connectivity index (χ1n) is 9.27. The number of nitrogens with zero attached hydrogens (tertiary/aromatic N) is 2. The number of carbonyl (C=O) groups excluding carboxylic acids is 3. The average Bonchev–Trinajstić information content (AvgIpc) is 2.93. The number of halogens is 2. The first-order valence-corrected chi connectivity index (χ1v) is 9.65. The molecule has 0 radical (unpaired) electrons. The van der Waals surface area contributed by atoms with Gasteiger partial charge in [-0.2, -0.15) is 0 Å². The molecular weight excluding hydrogens is 397 g/mol. The van der Waals surface area contributed by atoms with E-state index in [1.807, 2.05) is 0 Å². The number of hydrogen-bond donors (Lipinski definition) is 1. The third kappa shape index (κ3) is 4.92. The van der Waals surface area contributed by atoms with Crippen LogP contribution in [-0.4, -0.2) is 53.7 Å². The van der Waals surface area contributed by atoms with Gasteiger partial charge in [-0.05, 0) is 36.8 Å². The molecule has 2 aromatic carbocycles. The third-order valence-corrected chi connectivity index (χ3v) is 4.99. The van der Waals surface area contributed by atoms with Gasteiger partial charge in [0.05, 0.1) is 10.6 Å². The summed E-state index contributed by atoms with van der Waals surface area (Å²) in [6, 6.07) is 10.8. The van der Waals surface area contributed by atoms with Gasteiger partial charge < -0.3 is 15.1 Å². The van der Waals surface area contributed by atoms with E-state index in [4.69, 9.17) is 11.6 Å². The van der Waals surface area contributed by atoms with Crippen LogP contribution in [0.4, 0.5) is 10.1 Å². The topological polar surface area (TPSA) is 69.7 Å². The summed E-state index contributed by atoms with van der Waals surface area (Å²) in [6.07, 6.45) is 0.564. The van der Waals surface area contributed by atoms with Crippen molar-refractivity contribution in [2.45, 2.75) is 13.3 Å². The highest BCUT2D eigenvalue weighted by Crippen LogP contribution is 2.22. The lowest BCUT2D eigenvalue weighted by Crippen LogP contribution is -2.37. The van der Waals surface area contributed by atoms with Crippen molar-refractivity contribution in [1.29, 1.82) is 0 Å². The Morgan fingerprint density at radius 2 is 1.62 bits per heavy atom. The fourth-order valence-electron chi connectivity index (χ4n) is 3.30. The van der Waals surface area contributed by atoms with Gasteiger partial charge >= 0.3 is 0 Å². The number of hydrogen-bond acceptors (Lipinski definition) is 3. The average molecular weight is 418 g/mol. The molecule has 1 N–H and O–H groups in total. The lowest BCUT2D eigenvalue weighted by Gasteiger charge is -2.23. The lowest BCUT2D eigenvalue weighted by molar-refractivity contribution is -0.114. The molecule has 0 aliphatic carbocycles. The Hall–Kier alpha value is -2.93. The minimum Gasteiger partial charge on any atom is -0.337 e.